The molecular weight excluding hydrogens is 306 g/mol. The van der Waals surface area contributed by atoms with Crippen LogP contribution in [0.3, 0.4) is 0 Å². The van der Waals surface area contributed by atoms with E-state index in [1.165, 1.54) is 11.8 Å². The van der Waals surface area contributed by atoms with Crippen molar-refractivity contribution < 1.29 is 8.78 Å². The minimum atomic E-state index is -2.66. The Balaban J connectivity index is 2.21. The number of aryl methyl sites for hydroxylation is 1. The third-order valence-corrected chi connectivity index (χ3v) is 4.82. The number of halogens is 3. The average molecular weight is 323 g/mol. The van der Waals surface area contributed by atoms with Crippen LogP contribution >= 0.6 is 27.7 Å². The summed E-state index contributed by atoms with van der Waals surface area (Å²) in [7, 11) is 0. The Morgan fingerprint density at radius 3 is 2.47 bits per heavy atom. The number of thioether (sulfide) groups is 1. The Morgan fingerprint density at radius 1 is 1.24 bits per heavy atom. The van der Waals surface area contributed by atoms with Gasteiger partial charge in [0, 0.05) is 0 Å². The molecule has 0 nitrogen and oxygen atoms in total. The Morgan fingerprint density at radius 2 is 1.88 bits per heavy atom. The molecule has 0 saturated heterocycles. The van der Waals surface area contributed by atoms with E-state index in [0.717, 1.165) is 19.3 Å². The topological polar surface area (TPSA) is 0 Å². The molecule has 0 amide bonds. The smallest absolute Gasteiger partial charge is 0.193 e. The van der Waals surface area contributed by atoms with E-state index in [4.69, 9.17) is 0 Å². The van der Waals surface area contributed by atoms with Crippen molar-refractivity contribution in [1.82, 2.24) is 0 Å². The van der Waals surface area contributed by atoms with E-state index in [1.54, 1.807) is 0 Å². The summed E-state index contributed by atoms with van der Waals surface area (Å²) in [5.74, 6) is 0. The van der Waals surface area contributed by atoms with Gasteiger partial charge in [-0.2, -0.15) is 8.78 Å². The third kappa shape index (κ3) is 5.38. The predicted octanol–water partition coefficient (Wildman–Crippen LogP) is 5.12. The third-order valence-electron chi connectivity index (χ3n) is 2.65. The molecule has 0 saturated carbocycles. The van der Waals surface area contributed by atoms with Crippen LogP contribution in [-0.4, -0.2) is 16.3 Å². The lowest BCUT2D eigenvalue weighted by atomic mass is 10.1. The Kier molecular flexibility index (Phi) is 6.49. The zero-order valence-electron chi connectivity index (χ0n) is 9.83. The monoisotopic (exact) mass is 322 g/mol. The normalized spacial score (nSPS) is 13.6. The van der Waals surface area contributed by atoms with Crippen molar-refractivity contribution in [1.29, 1.82) is 0 Å². The quantitative estimate of drug-likeness (QED) is 0.496. The van der Waals surface area contributed by atoms with Crippen LogP contribution in [-0.2, 0) is 6.42 Å². The highest BCUT2D eigenvalue weighted by Crippen LogP contribution is 2.37. The van der Waals surface area contributed by atoms with Crippen LogP contribution in [0.15, 0.2) is 30.3 Å². The van der Waals surface area contributed by atoms with Crippen LogP contribution in [0.1, 0.15) is 24.8 Å². The summed E-state index contributed by atoms with van der Waals surface area (Å²) in [5, 5.41) is -2.66. The Hall–Kier alpha value is -0.0900. The van der Waals surface area contributed by atoms with E-state index in [1.807, 2.05) is 18.2 Å². The minimum absolute atomic E-state index is 0.515. The summed E-state index contributed by atoms with van der Waals surface area (Å²) >= 11 is 3.68. The van der Waals surface area contributed by atoms with Gasteiger partial charge in [0.15, 0.2) is 0 Å². The summed E-state index contributed by atoms with van der Waals surface area (Å²) in [6.07, 6.45) is 4.70. The molecule has 0 aliphatic rings. The molecule has 4 heteroatoms. The van der Waals surface area contributed by atoms with Crippen molar-refractivity contribution >= 4 is 27.7 Å². The Bertz CT molecular complexity index is 316. The van der Waals surface area contributed by atoms with E-state index in [9.17, 15) is 8.78 Å². The molecule has 1 atom stereocenters. The first-order valence-electron chi connectivity index (χ1n) is 5.67. The standard InChI is InChI=1S/C13H17BrF2S/c1-17-13(15,16)12(14)10-6-5-9-11-7-3-2-4-8-11/h2-4,7-8,12H,5-6,9-10H2,1H3. The van der Waals surface area contributed by atoms with Crippen LogP contribution < -0.4 is 0 Å². The Labute approximate surface area is 114 Å². The maximum absolute atomic E-state index is 13.2. The zero-order chi connectivity index (χ0) is 12.7. The molecular formula is C13H17BrF2S. The van der Waals surface area contributed by atoms with Gasteiger partial charge >= 0.3 is 5.25 Å². The number of rotatable bonds is 7. The zero-order valence-corrected chi connectivity index (χ0v) is 12.2. The predicted molar refractivity (Wildman–Crippen MR) is 75.2 cm³/mol. The van der Waals surface area contributed by atoms with Crippen molar-refractivity contribution in [3.05, 3.63) is 35.9 Å². The fourth-order valence-corrected chi connectivity index (χ4v) is 2.85. The largest absolute Gasteiger partial charge is 0.305 e. The maximum atomic E-state index is 13.2. The van der Waals surface area contributed by atoms with Crippen LogP contribution in [0.4, 0.5) is 8.78 Å². The van der Waals surface area contributed by atoms with Crippen molar-refractivity contribution in [3.8, 4) is 0 Å². The lowest BCUT2D eigenvalue weighted by Crippen LogP contribution is -2.24. The van der Waals surface area contributed by atoms with Crippen molar-refractivity contribution in [2.45, 2.75) is 35.8 Å². The SMILES string of the molecule is CSC(F)(F)C(Br)CCCCc1ccccc1. The van der Waals surface area contributed by atoms with Crippen LogP contribution in [0.25, 0.3) is 0 Å². The summed E-state index contributed by atoms with van der Waals surface area (Å²) in [4.78, 5) is -0.722. The van der Waals surface area contributed by atoms with Gasteiger partial charge in [-0.25, -0.2) is 0 Å². The molecule has 96 valence electrons. The highest BCUT2D eigenvalue weighted by molar-refractivity contribution is 9.09. The van der Waals surface area contributed by atoms with Gasteiger partial charge in [0.05, 0.1) is 4.83 Å². The van der Waals surface area contributed by atoms with Gasteiger partial charge in [-0.05, 0) is 31.1 Å². The van der Waals surface area contributed by atoms with Gasteiger partial charge in [0.2, 0.25) is 0 Å². The van der Waals surface area contributed by atoms with Crippen LogP contribution in [0, 0.1) is 0 Å². The molecule has 0 bridgehead atoms. The summed E-state index contributed by atoms with van der Waals surface area (Å²) < 4.78 is 26.4. The van der Waals surface area contributed by atoms with Gasteiger partial charge in [-0.15, -0.1) is 0 Å². The van der Waals surface area contributed by atoms with Crippen LogP contribution in [0.2, 0.25) is 0 Å². The molecule has 1 aromatic carbocycles. The molecule has 1 rings (SSSR count). The summed E-state index contributed by atoms with van der Waals surface area (Å²) in [6, 6.07) is 10.1. The summed E-state index contributed by atoms with van der Waals surface area (Å²) in [5.41, 5.74) is 1.27. The first-order valence-corrected chi connectivity index (χ1v) is 7.81. The van der Waals surface area contributed by atoms with Gasteiger partial charge in [-0.3, -0.25) is 0 Å². The molecule has 0 N–H and O–H groups in total. The molecule has 0 fully saturated rings. The first kappa shape index (κ1) is 15.0. The molecule has 0 radical (unpaired) electrons. The maximum Gasteiger partial charge on any atom is 0.305 e. The van der Waals surface area contributed by atoms with Crippen molar-refractivity contribution in [2.75, 3.05) is 6.26 Å². The lowest BCUT2D eigenvalue weighted by molar-refractivity contribution is 0.102. The van der Waals surface area contributed by atoms with E-state index in [2.05, 4.69) is 28.1 Å². The van der Waals surface area contributed by atoms with Gasteiger partial charge < -0.3 is 0 Å². The number of alkyl halides is 3. The molecule has 0 spiro atoms. The fourth-order valence-electron chi connectivity index (χ4n) is 1.59. The second kappa shape index (κ2) is 7.37. The van der Waals surface area contributed by atoms with E-state index < -0.39 is 10.1 Å². The lowest BCUT2D eigenvalue weighted by Gasteiger charge is -2.19. The van der Waals surface area contributed by atoms with Crippen molar-refractivity contribution in [2.24, 2.45) is 0 Å². The van der Waals surface area contributed by atoms with Crippen molar-refractivity contribution in [3.63, 3.8) is 0 Å². The van der Waals surface area contributed by atoms with E-state index in [0.29, 0.717) is 18.2 Å². The fraction of sp³-hybridized carbons (Fsp3) is 0.538. The molecule has 1 aromatic rings. The highest BCUT2D eigenvalue weighted by Gasteiger charge is 2.36. The number of hydrogen-bond donors (Lipinski definition) is 0. The van der Waals surface area contributed by atoms with Crippen LogP contribution in [0.5, 0.6) is 0 Å². The van der Waals surface area contributed by atoms with Gasteiger partial charge in [-0.1, -0.05) is 64.4 Å². The average Bonchev–Trinajstić information content (AvgIpc) is 2.35. The van der Waals surface area contributed by atoms with Gasteiger partial charge in [0.25, 0.3) is 0 Å². The second-order valence-corrected chi connectivity index (χ2v) is 6.02. The number of benzene rings is 1. The summed E-state index contributed by atoms with van der Waals surface area (Å²) in [6.45, 7) is 0. The molecule has 0 aliphatic carbocycles. The number of unbranched alkanes of at least 4 members (excludes halogenated alkanes) is 1. The van der Waals surface area contributed by atoms with Gasteiger partial charge in [0.1, 0.15) is 0 Å². The molecule has 0 heterocycles. The molecule has 1 unspecified atom stereocenters. The first-order chi connectivity index (χ1) is 8.06. The van der Waals surface area contributed by atoms with E-state index >= 15 is 0 Å². The second-order valence-electron chi connectivity index (χ2n) is 3.96. The molecule has 0 aliphatic heterocycles. The minimum Gasteiger partial charge on any atom is -0.193 e. The van der Waals surface area contributed by atoms with E-state index in [-0.39, 0.29) is 0 Å². The molecule has 17 heavy (non-hydrogen) atoms. The number of hydrogen-bond acceptors (Lipinski definition) is 1. The highest BCUT2D eigenvalue weighted by atomic mass is 79.9. The molecule has 0 aromatic heterocycles.